The summed E-state index contributed by atoms with van der Waals surface area (Å²) >= 11 is 3.13. The summed E-state index contributed by atoms with van der Waals surface area (Å²) in [5.74, 6) is -2.04. The molecular weight excluding hydrogens is 357 g/mol. The second-order valence-electron chi connectivity index (χ2n) is 4.38. The van der Waals surface area contributed by atoms with Crippen LogP contribution in [0.15, 0.2) is 40.9 Å². The van der Waals surface area contributed by atoms with Crippen LogP contribution >= 0.6 is 15.9 Å². The molecule has 2 aromatic rings. The van der Waals surface area contributed by atoms with E-state index in [-0.39, 0.29) is 11.1 Å². The van der Waals surface area contributed by atoms with E-state index >= 15 is 0 Å². The Labute approximate surface area is 125 Å². The van der Waals surface area contributed by atoms with Crippen molar-refractivity contribution in [3.05, 3.63) is 69.2 Å². The van der Waals surface area contributed by atoms with Crippen LogP contribution in [0.5, 0.6) is 0 Å². The van der Waals surface area contributed by atoms with Crippen molar-refractivity contribution in [1.29, 1.82) is 0 Å². The van der Waals surface area contributed by atoms with Crippen LogP contribution in [0.3, 0.4) is 0 Å². The normalized spacial score (nSPS) is 13.3. The fourth-order valence-corrected chi connectivity index (χ4v) is 2.26. The SMILES string of the molecule is NC(c1ccc(F)c(C(F)(F)F)c1)c1cc(Br)ccc1F. The molecule has 0 fully saturated rings. The lowest BCUT2D eigenvalue weighted by Gasteiger charge is -2.16. The Bertz CT molecular complexity index is 669. The van der Waals surface area contributed by atoms with Gasteiger partial charge in [-0.3, -0.25) is 0 Å². The van der Waals surface area contributed by atoms with Crippen molar-refractivity contribution < 1.29 is 22.0 Å². The molecule has 0 saturated carbocycles. The van der Waals surface area contributed by atoms with Gasteiger partial charge in [0.25, 0.3) is 0 Å². The van der Waals surface area contributed by atoms with Gasteiger partial charge < -0.3 is 5.73 Å². The lowest BCUT2D eigenvalue weighted by molar-refractivity contribution is -0.140. The highest BCUT2D eigenvalue weighted by Gasteiger charge is 2.34. The first-order valence-corrected chi connectivity index (χ1v) is 6.56. The van der Waals surface area contributed by atoms with E-state index in [4.69, 9.17) is 5.73 Å². The molecule has 0 bridgehead atoms. The van der Waals surface area contributed by atoms with Gasteiger partial charge in [0.1, 0.15) is 11.6 Å². The maximum Gasteiger partial charge on any atom is 0.419 e. The molecule has 112 valence electrons. The van der Waals surface area contributed by atoms with Gasteiger partial charge in [0.05, 0.1) is 11.6 Å². The zero-order chi connectivity index (χ0) is 15.8. The van der Waals surface area contributed by atoms with Crippen LogP contribution in [-0.4, -0.2) is 0 Å². The third kappa shape index (κ3) is 3.41. The first-order valence-electron chi connectivity index (χ1n) is 5.77. The molecule has 0 aliphatic rings. The summed E-state index contributed by atoms with van der Waals surface area (Å²) in [5, 5.41) is 0. The molecule has 2 N–H and O–H groups in total. The quantitative estimate of drug-likeness (QED) is 0.760. The van der Waals surface area contributed by atoms with Gasteiger partial charge >= 0.3 is 6.18 Å². The average molecular weight is 366 g/mol. The number of nitrogens with two attached hydrogens (primary N) is 1. The van der Waals surface area contributed by atoms with Crippen molar-refractivity contribution in [2.75, 3.05) is 0 Å². The Hall–Kier alpha value is -1.47. The maximum atomic E-state index is 13.7. The minimum absolute atomic E-state index is 0.0177. The van der Waals surface area contributed by atoms with E-state index in [9.17, 15) is 22.0 Å². The van der Waals surface area contributed by atoms with Crippen molar-refractivity contribution >= 4 is 15.9 Å². The van der Waals surface area contributed by atoms with Crippen LogP contribution in [0.4, 0.5) is 22.0 Å². The van der Waals surface area contributed by atoms with Gasteiger partial charge in [0, 0.05) is 10.0 Å². The lowest BCUT2D eigenvalue weighted by atomic mass is 9.97. The van der Waals surface area contributed by atoms with Crippen LogP contribution in [-0.2, 0) is 6.18 Å². The third-order valence-corrected chi connectivity index (χ3v) is 3.44. The molecule has 0 spiro atoms. The van der Waals surface area contributed by atoms with E-state index < -0.39 is 29.4 Å². The summed E-state index contributed by atoms with van der Waals surface area (Å²) in [4.78, 5) is 0. The smallest absolute Gasteiger partial charge is 0.320 e. The third-order valence-electron chi connectivity index (χ3n) is 2.95. The molecule has 1 atom stereocenters. The lowest BCUT2D eigenvalue weighted by Crippen LogP contribution is -2.16. The first kappa shape index (κ1) is 15.9. The van der Waals surface area contributed by atoms with E-state index in [1.807, 2.05) is 0 Å². The summed E-state index contributed by atoms with van der Waals surface area (Å²) in [6, 6.07) is 5.20. The Balaban J connectivity index is 2.49. The van der Waals surface area contributed by atoms with Gasteiger partial charge in [0.15, 0.2) is 0 Å². The molecule has 0 aliphatic heterocycles. The summed E-state index contributed by atoms with van der Waals surface area (Å²) in [7, 11) is 0. The Morgan fingerprint density at radius 1 is 0.952 bits per heavy atom. The fourth-order valence-electron chi connectivity index (χ4n) is 1.89. The molecule has 0 aliphatic carbocycles. The van der Waals surface area contributed by atoms with Gasteiger partial charge in [-0.25, -0.2) is 8.78 Å². The molecule has 0 amide bonds. The molecule has 0 radical (unpaired) electrons. The van der Waals surface area contributed by atoms with Crippen molar-refractivity contribution in [3.8, 4) is 0 Å². The Morgan fingerprint density at radius 2 is 1.57 bits per heavy atom. The van der Waals surface area contributed by atoms with Gasteiger partial charge in [0.2, 0.25) is 0 Å². The largest absolute Gasteiger partial charge is 0.419 e. The second-order valence-corrected chi connectivity index (χ2v) is 5.30. The number of rotatable bonds is 2. The van der Waals surface area contributed by atoms with Crippen molar-refractivity contribution in [2.45, 2.75) is 12.2 Å². The number of alkyl halides is 3. The van der Waals surface area contributed by atoms with E-state index in [1.54, 1.807) is 0 Å². The van der Waals surface area contributed by atoms with Gasteiger partial charge in [-0.15, -0.1) is 0 Å². The molecule has 21 heavy (non-hydrogen) atoms. The van der Waals surface area contributed by atoms with E-state index in [2.05, 4.69) is 15.9 Å². The summed E-state index contributed by atoms with van der Waals surface area (Å²) in [6.07, 6.45) is -4.84. The van der Waals surface area contributed by atoms with E-state index in [0.29, 0.717) is 16.6 Å². The number of halogens is 6. The minimum atomic E-state index is -4.84. The molecule has 1 unspecified atom stereocenters. The topological polar surface area (TPSA) is 26.0 Å². The predicted molar refractivity (Wildman–Crippen MR) is 71.5 cm³/mol. The molecule has 7 heteroatoms. The summed E-state index contributed by atoms with van der Waals surface area (Å²) < 4.78 is 65.5. The Morgan fingerprint density at radius 3 is 2.19 bits per heavy atom. The standard InChI is InChI=1S/C14H9BrF5N/c15-8-2-4-11(16)9(6-8)13(21)7-1-3-12(17)10(5-7)14(18,19)20/h1-6,13H,21H2. The van der Waals surface area contributed by atoms with Crippen LogP contribution in [0.25, 0.3) is 0 Å². The molecule has 0 aromatic heterocycles. The summed E-state index contributed by atoms with van der Waals surface area (Å²) in [5.41, 5.74) is 4.36. The van der Waals surface area contributed by atoms with Crippen molar-refractivity contribution in [1.82, 2.24) is 0 Å². The first-order chi connectivity index (χ1) is 9.70. The zero-order valence-electron chi connectivity index (χ0n) is 10.4. The average Bonchev–Trinajstić information content (AvgIpc) is 2.40. The van der Waals surface area contributed by atoms with Gasteiger partial charge in [-0.2, -0.15) is 13.2 Å². The molecule has 2 rings (SSSR count). The monoisotopic (exact) mass is 365 g/mol. The predicted octanol–water partition coefficient (Wildman–Crippen LogP) is 4.79. The van der Waals surface area contributed by atoms with Crippen LogP contribution in [0.2, 0.25) is 0 Å². The van der Waals surface area contributed by atoms with Crippen molar-refractivity contribution in [2.24, 2.45) is 5.73 Å². The molecule has 1 nitrogen and oxygen atoms in total. The molecule has 2 aromatic carbocycles. The van der Waals surface area contributed by atoms with Gasteiger partial charge in [-0.1, -0.05) is 22.0 Å². The van der Waals surface area contributed by atoms with Crippen LogP contribution < -0.4 is 5.73 Å². The van der Waals surface area contributed by atoms with Gasteiger partial charge in [-0.05, 0) is 35.9 Å². The highest BCUT2D eigenvalue weighted by atomic mass is 79.9. The minimum Gasteiger partial charge on any atom is -0.320 e. The number of hydrogen-bond acceptors (Lipinski definition) is 1. The highest BCUT2D eigenvalue weighted by molar-refractivity contribution is 9.10. The van der Waals surface area contributed by atoms with E-state index in [1.165, 1.54) is 12.1 Å². The number of benzene rings is 2. The molecule has 0 heterocycles. The highest BCUT2D eigenvalue weighted by Crippen LogP contribution is 2.34. The fraction of sp³-hybridized carbons (Fsp3) is 0.143. The zero-order valence-corrected chi connectivity index (χ0v) is 12.0. The van der Waals surface area contributed by atoms with Crippen LogP contribution in [0.1, 0.15) is 22.7 Å². The number of hydrogen-bond donors (Lipinski definition) is 1. The molecular formula is C14H9BrF5N. The van der Waals surface area contributed by atoms with E-state index in [0.717, 1.165) is 12.1 Å². The van der Waals surface area contributed by atoms with Crippen molar-refractivity contribution in [3.63, 3.8) is 0 Å². The van der Waals surface area contributed by atoms with Crippen LogP contribution in [0, 0.1) is 11.6 Å². The maximum absolute atomic E-state index is 13.7. The second kappa shape index (κ2) is 5.73. The Kier molecular flexibility index (Phi) is 4.34. The summed E-state index contributed by atoms with van der Waals surface area (Å²) in [6.45, 7) is 0. The molecule has 0 saturated heterocycles.